The highest BCUT2D eigenvalue weighted by atomic mass is 32.2. The molecule has 0 heterocycles. The Labute approximate surface area is 124 Å². The number of thioether (sulfide) groups is 1. The van der Waals surface area contributed by atoms with Crippen molar-refractivity contribution in [3.63, 3.8) is 0 Å². The average Bonchev–Trinajstić information content (AvgIpc) is 2.45. The Morgan fingerprint density at radius 2 is 1.53 bits per heavy atom. The van der Waals surface area contributed by atoms with Crippen molar-refractivity contribution in [1.82, 2.24) is 0 Å². The van der Waals surface area contributed by atoms with Crippen LogP contribution in [0.5, 0.6) is 0 Å². The summed E-state index contributed by atoms with van der Waals surface area (Å²) >= 11 is 2.02. The Hall–Kier alpha value is -0.430. The van der Waals surface area contributed by atoms with E-state index in [4.69, 9.17) is 0 Å². The molecule has 0 saturated heterocycles. The summed E-state index contributed by atoms with van der Waals surface area (Å²) in [6.45, 7) is 4.61. The van der Waals surface area contributed by atoms with E-state index in [1.54, 1.807) is 0 Å². The second kappa shape index (κ2) is 11.4. The van der Waals surface area contributed by atoms with Gasteiger partial charge in [-0.05, 0) is 30.2 Å². The lowest BCUT2D eigenvalue weighted by molar-refractivity contribution is 0.406. The van der Waals surface area contributed by atoms with Crippen molar-refractivity contribution in [2.45, 2.75) is 70.1 Å². The monoisotopic (exact) mass is 278 g/mol. The predicted octanol–water partition coefficient (Wildman–Crippen LogP) is 6.56. The lowest BCUT2D eigenvalue weighted by atomic mass is 9.93. The first-order valence-electron chi connectivity index (χ1n) is 8.04. The number of hydrogen-bond donors (Lipinski definition) is 0. The average molecular weight is 279 g/mol. The van der Waals surface area contributed by atoms with E-state index >= 15 is 0 Å². The molecule has 0 aliphatic carbocycles. The van der Waals surface area contributed by atoms with Crippen molar-refractivity contribution in [3.8, 4) is 0 Å². The van der Waals surface area contributed by atoms with Crippen LogP contribution in [0.15, 0.2) is 35.2 Å². The molecule has 1 aromatic carbocycles. The highest BCUT2D eigenvalue weighted by Gasteiger charge is 2.08. The fraction of sp³-hybridized carbons (Fsp3) is 0.667. The molecule has 1 atom stereocenters. The van der Waals surface area contributed by atoms with Crippen molar-refractivity contribution >= 4 is 11.8 Å². The van der Waals surface area contributed by atoms with Crippen LogP contribution in [-0.2, 0) is 0 Å². The van der Waals surface area contributed by atoms with Gasteiger partial charge in [0.05, 0.1) is 0 Å². The Kier molecular flexibility index (Phi) is 9.98. The molecule has 0 amide bonds. The predicted molar refractivity (Wildman–Crippen MR) is 88.9 cm³/mol. The van der Waals surface area contributed by atoms with Crippen LogP contribution in [0.1, 0.15) is 65.2 Å². The Balaban J connectivity index is 2.22. The molecule has 0 bridgehead atoms. The summed E-state index contributed by atoms with van der Waals surface area (Å²) in [5, 5.41) is 0. The van der Waals surface area contributed by atoms with Crippen LogP contribution in [0.2, 0.25) is 0 Å². The summed E-state index contributed by atoms with van der Waals surface area (Å²) in [5.41, 5.74) is 0. The van der Waals surface area contributed by atoms with Gasteiger partial charge in [0.25, 0.3) is 0 Å². The van der Waals surface area contributed by atoms with Gasteiger partial charge in [0.1, 0.15) is 0 Å². The zero-order valence-electron chi connectivity index (χ0n) is 12.7. The number of benzene rings is 1. The molecule has 1 heteroatoms. The number of rotatable bonds is 11. The van der Waals surface area contributed by atoms with Crippen LogP contribution in [0.25, 0.3) is 0 Å². The van der Waals surface area contributed by atoms with Gasteiger partial charge in [-0.3, -0.25) is 0 Å². The smallest absolute Gasteiger partial charge is 0.00719 e. The standard InChI is InChI=1S/C18H30S/c1-3-5-8-12-17(11-6-4-2)15-16-19-18-13-9-7-10-14-18/h7,9-10,13-14,17H,3-6,8,11-12,15-16H2,1-2H3. The highest BCUT2D eigenvalue weighted by molar-refractivity contribution is 7.99. The van der Waals surface area contributed by atoms with Gasteiger partial charge in [-0.1, -0.05) is 77.0 Å². The van der Waals surface area contributed by atoms with Gasteiger partial charge >= 0.3 is 0 Å². The fourth-order valence-corrected chi connectivity index (χ4v) is 3.51. The minimum absolute atomic E-state index is 0.961. The van der Waals surface area contributed by atoms with Gasteiger partial charge in [-0.15, -0.1) is 11.8 Å². The van der Waals surface area contributed by atoms with Crippen molar-refractivity contribution in [3.05, 3.63) is 30.3 Å². The van der Waals surface area contributed by atoms with Gasteiger partial charge in [0, 0.05) is 4.90 Å². The van der Waals surface area contributed by atoms with Crippen LogP contribution in [0, 0.1) is 5.92 Å². The maximum absolute atomic E-state index is 2.31. The fourth-order valence-electron chi connectivity index (χ4n) is 2.47. The van der Waals surface area contributed by atoms with Crippen LogP contribution in [0.3, 0.4) is 0 Å². The third-order valence-corrected chi connectivity index (χ3v) is 4.77. The lowest BCUT2D eigenvalue weighted by Gasteiger charge is -2.16. The molecule has 0 aromatic heterocycles. The second-order valence-electron chi connectivity index (χ2n) is 5.45. The van der Waals surface area contributed by atoms with E-state index in [1.165, 1.54) is 62.0 Å². The van der Waals surface area contributed by atoms with Gasteiger partial charge in [-0.25, -0.2) is 0 Å². The molecular formula is C18H30S. The zero-order valence-corrected chi connectivity index (χ0v) is 13.6. The summed E-state index contributed by atoms with van der Waals surface area (Å²) < 4.78 is 0. The molecular weight excluding hydrogens is 248 g/mol. The summed E-state index contributed by atoms with van der Waals surface area (Å²) in [7, 11) is 0. The van der Waals surface area contributed by atoms with Gasteiger partial charge in [-0.2, -0.15) is 0 Å². The Morgan fingerprint density at radius 3 is 2.21 bits per heavy atom. The molecule has 0 aliphatic heterocycles. The van der Waals surface area contributed by atoms with E-state index in [0.717, 1.165) is 5.92 Å². The van der Waals surface area contributed by atoms with Crippen molar-refractivity contribution in [2.24, 2.45) is 5.92 Å². The normalized spacial score (nSPS) is 12.5. The minimum Gasteiger partial charge on any atom is -0.126 e. The van der Waals surface area contributed by atoms with Crippen LogP contribution in [-0.4, -0.2) is 5.75 Å². The molecule has 0 aliphatic rings. The number of hydrogen-bond acceptors (Lipinski definition) is 1. The van der Waals surface area contributed by atoms with Crippen molar-refractivity contribution in [1.29, 1.82) is 0 Å². The second-order valence-corrected chi connectivity index (χ2v) is 6.62. The van der Waals surface area contributed by atoms with Gasteiger partial charge in [0.15, 0.2) is 0 Å². The largest absolute Gasteiger partial charge is 0.126 e. The SMILES string of the molecule is CCCCCC(CCCC)CCSc1ccccc1. The maximum Gasteiger partial charge on any atom is 0.00719 e. The van der Waals surface area contributed by atoms with E-state index in [0.29, 0.717) is 0 Å². The summed E-state index contributed by atoms with van der Waals surface area (Å²) in [6, 6.07) is 10.8. The quantitative estimate of drug-likeness (QED) is 0.326. The molecule has 0 spiro atoms. The topological polar surface area (TPSA) is 0 Å². The molecule has 19 heavy (non-hydrogen) atoms. The van der Waals surface area contributed by atoms with Gasteiger partial charge < -0.3 is 0 Å². The Bertz CT molecular complexity index is 294. The van der Waals surface area contributed by atoms with Crippen molar-refractivity contribution < 1.29 is 0 Å². The minimum atomic E-state index is 0.961. The number of unbranched alkanes of at least 4 members (excludes halogenated alkanes) is 3. The van der Waals surface area contributed by atoms with Gasteiger partial charge in [0.2, 0.25) is 0 Å². The van der Waals surface area contributed by atoms with Crippen molar-refractivity contribution in [2.75, 3.05) is 5.75 Å². The molecule has 0 saturated carbocycles. The van der Waals surface area contributed by atoms with E-state index in [-0.39, 0.29) is 0 Å². The zero-order chi connectivity index (χ0) is 13.8. The van der Waals surface area contributed by atoms with E-state index in [9.17, 15) is 0 Å². The summed E-state index contributed by atoms with van der Waals surface area (Å²) in [5.74, 6) is 2.24. The third-order valence-electron chi connectivity index (χ3n) is 3.72. The molecule has 108 valence electrons. The molecule has 0 N–H and O–H groups in total. The molecule has 1 rings (SSSR count). The van der Waals surface area contributed by atoms with Crippen LogP contribution in [0.4, 0.5) is 0 Å². The summed E-state index contributed by atoms with van der Waals surface area (Å²) in [6.07, 6.45) is 11.2. The molecule has 0 fully saturated rings. The first-order valence-corrected chi connectivity index (χ1v) is 9.03. The Morgan fingerprint density at radius 1 is 0.842 bits per heavy atom. The molecule has 1 unspecified atom stereocenters. The van der Waals surface area contributed by atoms with E-state index in [1.807, 2.05) is 11.8 Å². The maximum atomic E-state index is 2.31. The van der Waals surface area contributed by atoms with E-state index in [2.05, 4.69) is 44.2 Å². The third kappa shape index (κ3) is 8.36. The molecule has 0 radical (unpaired) electrons. The first kappa shape index (κ1) is 16.6. The van der Waals surface area contributed by atoms with Crippen LogP contribution >= 0.6 is 11.8 Å². The molecule has 0 nitrogen and oxygen atoms in total. The van der Waals surface area contributed by atoms with Crippen LogP contribution < -0.4 is 0 Å². The van der Waals surface area contributed by atoms with E-state index < -0.39 is 0 Å². The lowest BCUT2D eigenvalue weighted by Crippen LogP contribution is -2.02. The highest BCUT2D eigenvalue weighted by Crippen LogP contribution is 2.25. The molecule has 1 aromatic rings. The summed E-state index contributed by atoms with van der Waals surface area (Å²) in [4.78, 5) is 1.42. The first-order chi connectivity index (χ1) is 9.36.